The molecule has 0 spiro atoms. The van der Waals surface area contributed by atoms with Crippen molar-refractivity contribution in [2.75, 3.05) is 7.11 Å². The van der Waals surface area contributed by atoms with Crippen LogP contribution < -0.4 is 0 Å². The monoisotopic (exact) mass is 418 g/mol. The van der Waals surface area contributed by atoms with E-state index in [1.54, 1.807) is 6.08 Å². The van der Waals surface area contributed by atoms with E-state index in [0.29, 0.717) is 5.57 Å². The van der Waals surface area contributed by atoms with Crippen molar-refractivity contribution in [3.05, 3.63) is 96.1 Å². The molecule has 4 nitrogen and oxygen atoms in total. The number of rotatable bonds is 4. The molecule has 0 fully saturated rings. The van der Waals surface area contributed by atoms with Gasteiger partial charge in [0.25, 0.3) is 0 Å². The molecule has 1 aliphatic rings. The highest BCUT2D eigenvalue weighted by molar-refractivity contribution is 6.31. The van der Waals surface area contributed by atoms with Gasteiger partial charge in [-0.1, -0.05) is 72.8 Å². The fourth-order valence-corrected chi connectivity index (χ4v) is 3.96. The van der Waals surface area contributed by atoms with Gasteiger partial charge in [0.1, 0.15) is 5.38 Å². The van der Waals surface area contributed by atoms with Crippen LogP contribution in [-0.4, -0.2) is 30.0 Å². The lowest BCUT2D eigenvalue weighted by Crippen LogP contribution is -2.52. The van der Waals surface area contributed by atoms with Crippen molar-refractivity contribution in [3.63, 3.8) is 0 Å². The Morgan fingerprint density at radius 3 is 2.47 bits per heavy atom. The van der Waals surface area contributed by atoms with Crippen molar-refractivity contribution < 1.29 is 19.1 Å². The summed E-state index contributed by atoms with van der Waals surface area (Å²) < 4.78 is 10.5. The second kappa shape index (κ2) is 8.17. The first-order valence-electron chi connectivity index (χ1n) is 9.44. The molecule has 0 unspecified atom stereocenters. The maximum atomic E-state index is 12.8. The van der Waals surface area contributed by atoms with Gasteiger partial charge in [0.05, 0.1) is 7.11 Å². The second-order valence-corrected chi connectivity index (χ2v) is 7.41. The van der Waals surface area contributed by atoms with Crippen LogP contribution in [-0.2, 0) is 19.1 Å². The highest BCUT2D eigenvalue weighted by Crippen LogP contribution is 2.39. The van der Waals surface area contributed by atoms with Crippen molar-refractivity contribution in [1.29, 1.82) is 0 Å². The smallest absolute Gasteiger partial charge is 0.356 e. The van der Waals surface area contributed by atoms with E-state index in [1.165, 1.54) is 19.3 Å². The fraction of sp³-hybridized carbons (Fsp3) is 0.120. The van der Waals surface area contributed by atoms with E-state index in [0.717, 1.165) is 21.9 Å². The van der Waals surface area contributed by atoms with Crippen molar-refractivity contribution >= 4 is 46.0 Å². The van der Waals surface area contributed by atoms with Gasteiger partial charge in [0.2, 0.25) is 5.60 Å². The molecule has 0 N–H and O–H groups in total. The van der Waals surface area contributed by atoms with E-state index >= 15 is 0 Å². The number of esters is 2. The maximum absolute atomic E-state index is 12.8. The summed E-state index contributed by atoms with van der Waals surface area (Å²) in [6, 6.07) is 23.0. The molecule has 0 radical (unpaired) electrons. The zero-order valence-electron chi connectivity index (χ0n) is 16.2. The number of hydrogen-bond donors (Lipinski definition) is 0. The van der Waals surface area contributed by atoms with Crippen LogP contribution in [0.3, 0.4) is 0 Å². The lowest BCUT2D eigenvalue weighted by Gasteiger charge is -2.36. The predicted octanol–water partition coefficient (Wildman–Crippen LogP) is 5.01. The molecule has 1 heterocycles. The van der Waals surface area contributed by atoms with Crippen LogP contribution in [0, 0.1) is 0 Å². The Labute approximate surface area is 179 Å². The fourth-order valence-electron chi connectivity index (χ4n) is 3.56. The van der Waals surface area contributed by atoms with Gasteiger partial charge in [-0.25, -0.2) is 9.59 Å². The third-order valence-electron chi connectivity index (χ3n) is 5.10. The summed E-state index contributed by atoms with van der Waals surface area (Å²) >= 11 is 6.74. The SMILES string of the molecule is COC(=O)[C@]1(/C=C/c2ccc3ccccc3c2)OC(=O)C=C(c2ccccc2)[C@H]1Cl. The summed E-state index contributed by atoms with van der Waals surface area (Å²) in [6.07, 6.45) is 4.55. The zero-order valence-corrected chi connectivity index (χ0v) is 17.0. The van der Waals surface area contributed by atoms with E-state index in [9.17, 15) is 9.59 Å². The van der Waals surface area contributed by atoms with Crippen molar-refractivity contribution in [2.45, 2.75) is 11.0 Å². The van der Waals surface area contributed by atoms with Crippen LogP contribution in [0.25, 0.3) is 22.4 Å². The molecule has 0 aliphatic carbocycles. The number of halogens is 1. The third-order valence-corrected chi connectivity index (χ3v) is 5.66. The number of carbonyl (C=O) groups excluding carboxylic acids is 2. The molecule has 3 aromatic carbocycles. The Kier molecular flexibility index (Phi) is 5.42. The summed E-state index contributed by atoms with van der Waals surface area (Å²) in [6.45, 7) is 0. The van der Waals surface area contributed by atoms with Crippen molar-refractivity contribution in [3.8, 4) is 0 Å². The van der Waals surface area contributed by atoms with Gasteiger partial charge in [0.15, 0.2) is 0 Å². The number of carbonyl (C=O) groups is 2. The molecule has 1 aliphatic heterocycles. The first-order chi connectivity index (χ1) is 14.5. The first-order valence-corrected chi connectivity index (χ1v) is 9.87. The molecule has 2 atom stereocenters. The zero-order chi connectivity index (χ0) is 21.1. The van der Waals surface area contributed by atoms with Gasteiger partial charge >= 0.3 is 11.9 Å². The third kappa shape index (κ3) is 3.62. The average Bonchev–Trinajstić information content (AvgIpc) is 2.79. The summed E-state index contributed by atoms with van der Waals surface area (Å²) in [5.74, 6) is -1.39. The molecule has 3 aromatic rings. The topological polar surface area (TPSA) is 52.6 Å². The van der Waals surface area contributed by atoms with E-state index < -0.39 is 22.9 Å². The number of hydrogen-bond acceptors (Lipinski definition) is 4. The molecule has 0 saturated heterocycles. The largest absolute Gasteiger partial charge is 0.466 e. The minimum Gasteiger partial charge on any atom is -0.466 e. The Morgan fingerprint density at radius 2 is 1.73 bits per heavy atom. The van der Waals surface area contributed by atoms with Gasteiger partial charge in [-0.2, -0.15) is 0 Å². The molecular weight excluding hydrogens is 400 g/mol. The highest BCUT2D eigenvalue weighted by atomic mass is 35.5. The van der Waals surface area contributed by atoms with E-state index in [2.05, 4.69) is 0 Å². The first kappa shape index (κ1) is 19.9. The summed E-state index contributed by atoms with van der Waals surface area (Å²) in [7, 11) is 1.24. The molecule has 150 valence electrons. The maximum Gasteiger partial charge on any atom is 0.356 e. The lowest BCUT2D eigenvalue weighted by atomic mass is 9.86. The molecule has 4 rings (SSSR count). The summed E-state index contributed by atoms with van der Waals surface area (Å²) in [5.41, 5.74) is 0.301. The molecule has 5 heteroatoms. The standard InChI is InChI=1S/C25H19ClO4/c1-29-24(28)25(14-13-17-11-12-18-7-5-6-10-20(18)15-17)23(26)21(16-22(27)30-25)19-8-3-2-4-9-19/h2-16,23H,1H3/b14-13+/t23-,25-/m1/s1. The van der Waals surface area contributed by atoms with Gasteiger partial charge in [-0.05, 0) is 39.6 Å². The number of alkyl halides is 1. The van der Waals surface area contributed by atoms with E-state index in [1.807, 2.05) is 72.8 Å². The van der Waals surface area contributed by atoms with E-state index in [-0.39, 0.29) is 0 Å². The average molecular weight is 419 g/mol. The van der Waals surface area contributed by atoms with Gasteiger partial charge in [-0.3, -0.25) is 0 Å². The van der Waals surface area contributed by atoms with Crippen molar-refractivity contribution in [2.24, 2.45) is 0 Å². The van der Waals surface area contributed by atoms with Crippen LogP contribution >= 0.6 is 11.6 Å². The van der Waals surface area contributed by atoms with Crippen LogP contribution in [0.4, 0.5) is 0 Å². The van der Waals surface area contributed by atoms with Gasteiger partial charge in [-0.15, -0.1) is 11.6 Å². The van der Waals surface area contributed by atoms with Crippen molar-refractivity contribution in [1.82, 2.24) is 0 Å². The molecule has 0 amide bonds. The number of ether oxygens (including phenoxy) is 2. The van der Waals surface area contributed by atoms with Crippen LogP contribution in [0.15, 0.2) is 84.9 Å². The number of cyclic esters (lactones) is 1. The molecule has 0 aromatic heterocycles. The highest BCUT2D eigenvalue weighted by Gasteiger charge is 2.52. The quantitative estimate of drug-likeness (QED) is 0.441. The molecule has 0 saturated carbocycles. The minimum absolute atomic E-state index is 0.502. The van der Waals surface area contributed by atoms with Crippen LogP contribution in [0.2, 0.25) is 0 Å². The lowest BCUT2D eigenvalue weighted by molar-refractivity contribution is -0.171. The second-order valence-electron chi connectivity index (χ2n) is 6.97. The predicted molar refractivity (Wildman–Crippen MR) is 118 cm³/mol. The Bertz CT molecular complexity index is 1170. The normalized spacial score (nSPS) is 21.3. The minimum atomic E-state index is -1.78. The Balaban J connectivity index is 1.77. The number of benzene rings is 3. The number of fused-ring (bicyclic) bond motifs is 1. The van der Waals surface area contributed by atoms with Crippen LogP contribution in [0.5, 0.6) is 0 Å². The summed E-state index contributed by atoms with van der Waals surface area (Å²) in [4.78, 5) is 25.2. The Hall–Kier alpha value is -3.37. The molecular formula is C25H19ClO4. The number of methoxy groups -OCH3 is 1. The van der Waals surface area contributed by atoms with Crippen LogP contribution in [0.1, 0.15) is 11.1 Å². The van der Waals surface area contributed by atoms with E-state index in [4.69, 9.17) is 21.1 Å². The summed E-state index contributed by atoms with van der Waals surface area (Å²) in [5, 5.41) is 1.20. The Morgan fingerprint density at radius 1 is 1.03 bits per heavy atom. The molecule has 0 bridgehead atoms. The van der Waals surface area contributed by atoms with Gasteiger partial charge < -0.3 is 9.47 Å². The van der Waals surface area contributed by atoms with Gasteiger partial charge in [0, 0.05) is 6.08 Å². The molecule has 30 heavy (non-hydrogen) atoms.